The molecular weight excluding hydrogens is 182 g/mol. The Kier molecular flexibility index (Phi) is 2.86. The molecule has 1 rings (SSSR count). The number of rotatable bonds is 4. The van der Waals surface area contributed by atoms with Gasteiger partial charge in [-0.2, -0.15) is 0 Å². The molecule has 0 aliphatic carbocycles. The second kappa shape index (κ2) is 3.91. The average Bonchev–Trinajstić information content (AvgIpc) is 2.19. The molecule has 0 bridgehead atoms. The largest absolute Gasteiger partial charge is 0.479 e. The fourth-order valence-electron chi connectivity index (χ4n) is 0.955. The molecule has 0 aliphatic heterocycles. The second-order valence-corrected chi connectivity index (χ2v) is 3.12. The van der Waals surface area contributed by atoms with Crippen LogP contribution >= 0.6 is 0 Å². The standard InChI is InChI=1S/C10H11NO3/c1-10(7-12,9(13)14)11-8-5-3-2-4-6-8/h2-7,11H,1H3,(H,13,14)/t10-/m1/s1. The average molecular weight is 193 g/mol. The van der Waals surface area contributed by atoms with E-state index in [1.54, 1.807) is 24.3 Å². The van der Waals surface area contributed by atoms with Crippen LogP contribution in [0.15, 0.2) is 30.3 Å². The van der Waals surface area contributed by atoms with E-state index in [1.807, 2.05) is 6.07 Å². The van der Waals surface area contributed by atoms with Gasteiger partial charge in [0.05, 0.1) is 0 Å². The summed E-state index contributed by atoms with van der Waals surface area (Å²) in [6, 6.07) is 8.73. The molecule has 0 fully saturated rings. The molecule has 0 amide bonds. The van der Waals surface area contributed by atoms with Gasteiger partial charge in [-0.05, 0) is 19.1 Å². The molecule has 4 heteroatoms. The lowest BCUT2D eigenvalue weighted by Gasteiger charge is -2.20. The topological polar surface area (TPSA) is 66.4 Å². The van der Waals surface area contributed by atoms with E-state index in [2.05, 4.69) is 5.32 Å². The molecule has 0 unspecified atom stereocenters. The lowest BCUT2D eigenvalue weighted by Crippen LogP contribution is -2.44. The fraction of sp³-hybridized carbons (Fsp3) is 0.200. The minimum atomic E-state index is -1.57. The zero-order valence-corrected chi connectivity index (χ0v) is 7.73. The molecule has 0 saturated carbocycles. The van der Waals surface area contributed by atoms with Gasteiger partial charge in [0.25, 0.3) is 0 Å². The molecule has 74 valence electrons. The van der Waals surface area contributed by atoms with Crippen LogP contribution in [0.1, 0.15) is 6.92 Å². The van der Waals surface area contributed by atoms with Crippen molar-refractivity contribution in [2.45, 2.75) is 12.5 Å². The van der Waals surface area contributed by atoms with Crippen LogP contribution < -0.4 is 5.32 Å². The molecule has 2 N–H and O–H groups in total. The van der Waals surface area contributed by atoms with E-state index >= 15 is 0 Å². The first-order valence-corrected chi connectivity index (χ1v) is 4.11. The van der Waals surface area contributed by atoms with Crippen LogP contribution in [0.3, 0.4) is 0 Å². The first-order valence-electron chi connectivity index (χ1n) is 4.11. The van der Waals surface area contributed by atoms with Gasteiger partial charge in [0.2, 0.25) is 0 Å². The number of aliphatic carboxylic acids is 1. The van der Waals surface area contributed by atoms with Crippen molar-refractivity contribution in [3.63, 3.8) is 0 Å². The van der Waals surface area contributed by atoms with Crippen LogP contribution in [-0.2, 0) is 9.59 Å². The molecule has 0 aromatic heterocycles. The van der Waals surface area contributed by atoms with E-state index in [0.717, 1.165) is 0 Å². The number of carbonyl (C=O) groups is 2. The van der Waals surface area contributed by atoms with Gasteiger partial charge < -0.3 is 15.2 Å². The van der Waals surface area contributed by atoms with Crippen LogP contribution in [-0.4, -0.2) is 22.9 Å². The molecule has 1 atom stereocenters. The van der Waals surface area contributed by atoms with Gasteiger partial charge in [-0.1, -0.05) is 18.2 Å². The zero-order chi connectivity index (χ0) is 10.6. The number of hydrogen-bond acceptors (Lipinski definition) is 3. The van der Waals surface area contributed by atoms with Crippen molar-refractivity contribution in [3.05, 3.63) is 30.3 Å². The molecule has 0 radical (unpaired) electrons. The summed E-state index contributed by atoms with van der Waals surface area (Å²) >= 11 is 0. The van der Waals surface area contributed by atoms with Crippen LogP contribution in [0.25, 0.3) is 0 Å². The van der Waals surface area contributed by atoms with E-state index in [4.69, 9.17) is 5.11 Å². The number of para-hydroxylation sites is 1. The highest BCUT2D eigenvalue weighted by Gasteiger charge is 2.32. The Bertz CT molecular complexity index is 336. The maximum absolute atomic E-state index is 10.8. The SMILES string of the molecule is C[C@](C=O)(Nc1ccccc1)C(=O)O. The highest BCUT2D eigenvalue weighted by Crippen LogP contribution is 2.13. The predicted molar refractivity (Wildman–Crippen MR) is 52.2 cm³/mol. The third kappa shape index (κ3) is 2.10. The van der Waals surface area contributed by atoms with Gasteiger partial charge in [-0.15, -0.1) is 0 Å². The lowest BCUT2D eigenvalue weighted by molar-refractivity contribution is -0.143. The van der Waals surface area contributed by atoms with Crippen molar-refractivity contribution in [2.24, 2.45) is 0 Å². The first-order chi connectivity index (χ1) is 6.58. The normalized spacial score (nSPS) is 14.1. The summed E-state index contributed by atoms with van der Waals surface area (Å²) in [7, 11) is 0. The van der Waals surface area contributed by atoms with Crippen LogP contribution in [0.4, 0.5) is 5.69 Å². The molecule has 0 heterocycles. The van der Waals surface area contributed by atoms with Crippen molar-refractivity contribution in [1.82, 2.24) is 0 Å². The summed E-state index contributed by atoms with van der Waals surface area (Å²) in [6.07, 6.45) is 0.377. The van der Waals surface area contributed by atoms with Crippen molar-refractivity contribution in [1.29, 1.82) is 0 Å². The summed E-state index contributed by atoms with van der Waals surface area (Å²) < 4.78 is 0. The van der Waals surface area contributed by atoms with Gasteiger partial charge >= 0.3 is 5.97 Å². The number of carboxylic acids is 1. The molecule has 0 saturated heterocycles. The molecule has 14 heavy (non-hydrogen) atoms. The highest BCUT2D eigenvalue weighted by molar-refractivity contribution is 5.99. The zero-order valence-electron chi connectivity index (χ0n) is 7.73. The monoisotopic (exact) mass is 193 g/mol. The molecule has 1 aromatic carbocycles. The minimum absolute atomic E-state index is 0.377. The van der Waals surface area contributed by atoms with E-state index in [-0.39, 0.29) is 0 Å². The molecule has 4 nitrogen and oxygen atoms in total. The van der Waals surface area contributed by atoms with Gasteiger partial charge in [-0.25, -0.2) is 4.79 Å². The van der Waals surface area contributed by atoms with E-state index < -0.39 is 11.5 Å². The maximum Gasteiger partial charge on any atom is 0.336 e. The summed E-state index contributed by atoms with van der Waals surface area (Å²) in [5.41, 5.74) is -0.967. The van der Waals surface area contributed by atoms with Crippen LogP contribution in [0.5, 0.6) is 0 Å². The summed E-state index contributed by atoms with van der Waals surface area (Å²) in [4.78, 5) is 21.4. The predicted octanol–water partition coefficient (Wildman–Crippen LogP) is 1.14. The molecule has 1 aromatic rings. The number of carbonyl (C=O) groups excluding carboxylic acids is 1. The third-order valence-corrected chi connectivity index (χ3v) is 1.86. The van der Waals surface area contributed by atoms with Gasteiger partial charge in [0.15, 0.2) is 11.8 Å². The number of carboxylic acid groups (broad SMARTS) is 1. The smallest absolute Gasteiger partial charge is 0.336 e. The van der Waals surface area contributed by atoms with E-state index in [1.165, 1.54) is 6.92 Å². The fourth-order valence-corrected chi connectivity index (χ4v) is 0.955. The van der Waals surface area contributed by atoms with Gasteiger partial charge in [0, 0.05) is 5.69 Å². The number of anilines is 1. The lowest BCUT2D eigenvalue weighted by atomic mass is 10.1. The van der Waals surface area contributed by atoms with Crippen molar-refractivity contribution in [3.8, 4) is 0 Å². The van der Waals surface area contributed by atoms with Crippen molar-refractivity contribution < 1.29 is 14.7 Å². The second-order valence-electron chi connectivity index (χ2n) is 3.12. The Labute approximate surface area is 81.6 Å². The molecule has 0 aliphatic rings. The van der Waals surface area contributed by atoms with E-state index in [0.29, 0.717) is 12.0 Å². The molecule has 0 spiro atoms. The molecular formula is C10H11NO3. The van der Waals surface area contributed by atoms with Gasteiger partial charge in [0.1, 0.15) is 0 Å². The highest BCUT2D eigenvalue weighted by atomic mass is 16.4. The number of hydrogen-bond donors (Lipinski definition) is 2. The quantitative estimate of drug-likeness (QED) is 0.556. The van der Waals surface area contributed by atoms with Crippen LogP contribution in [0.2, 0.25) is 0 Å². The van der Waals surface area contributed by atoms with Crippen molar-refractivity contribution >= 4 is 17.9 Å². The Balaban J connectivity index is 2.86. The van der Waals surface area contributed by atoms with Crippen molar-refractivity contribution in [2.75, 3.05) is 5.32 Å². The Morgan fingerprint density at radius 3 is 2.43 bits per heavy atom. The number of nitrogens with one attached hydrogen (secondary N) is 1. The number of benzene rings is 1. The maximum atomic E-state index is 10.8. The summed E-state index contributed by atoms with van der Waals surface area (Å²) in [5.74, 6) is -1.20. The summed E-state index contributed by atoms with van der Waals surface area (Å²) in [6.45, 7) is 1.31. The van der Waals surface area contributed by atoms with Gasteiger partial charge in [-0.3, -0.25) is 0 Å². The Hall–Kier alpha value is -1.84. The first kappa shape index (κ1) is 10.2. The summed E-state index contributed by atoms with van der Waals surface area (Å²) in [5, 5.41) is 11.4. The third-order valence-electron chi connectivity index (χ3n) is 1.86. The Morgan fingerprint density at radius 2 is 2.00 bits per heavy atom. The van der Waals surface area contributed by atoms with E-state index in [9.17, 15) is 9.59 Å². The number of aldehydes is 1. The minimum Gasteiger partial charge on any atom is -0.479 e. The Morgan fingerprint density at radius 1 is 1.43 bits per heavy atom. The van der Waals surface area contributed by atoms with Crippen LogP contribution in [0, 0.1) is 0 Å².